The highest BCUT2D eigenvalue weighted by atomic mass is 28.4. The van der Waals surface area contributed by atoms with Gasteiger partial charge in [0.2, 0.25) is 0 Å². The number of nitrogens with zero attached hydrogens (tertiary/aromatic N) is 1. The minimum Gasteiger partial charge on any atom is -0.794 e. The summed E-state index contributed by atoms with van der Waals surface area (Å²) >= 11 is 0. The molecule has 0 amide bonds. The van der Waals surface area contributed by atoms with Crippen LogP contribution in [-0.4, -0.2) is 55.1 Å². The lowest BCUT2D eigenvalue weighted by atomic mass is 10.2. The van der Waals surface area contributed by atoms with E-state index in [4.69, 9.17) is 19.2 Å². The van der Waals surface area contributed by atoms with E-state index in [2.05, 4.69) is 27.9 Å². The molecule has 0 radical (unpaired) electrons. The Balaban J connectivity index is 0. The fourth-order valence-corrected chi connectivity index (χ4v) is 1.28. The zero-order valence-electron chi connectivity index (χ0n) is 10.9. The molecule has 0 atom stereocenters. The average Bonchev–Trinajstić information content (AvgIpc) is 2.09. The van der Waals surface area contributed by atoms with E-state index in [0.717, 1.165) is 0 Å². The van der Waals surface area contributed by atoms with Crippen molar-refractivity contribution in [1.82, 2.24) is 0 Å². The molecule has 5 nitrogen and oxygen atoms in total. The van der Waals surface area contributed by atoms with Crippen LogP contribution in [0.4, 0.5) is 0 Å². The van der Waals surface area contributed by atoms with Crippen LogP contribution in [0.25, 0.3) is 0 Å². The molecule has 6 heteroatoms. The van der Waals surface area contributed by atoms with Crippen LogP contribution in [0.15, 0.2) is 0 Å². The molecule has 0 rings (SSSR count). The summed E-state index contributed by atoms with van der Waals surface area (Å²) < 4.78 is 1.21. The Labute approximate surface area is 100 Å². The highest BCUT2D eigenvalue weighted by Gasteiger charge is 2.11. The van der Waals surface area contributed by atoms with Gasteiger partial charge in [-0.05, 0) is 12.8 Å². The molecular formula is C10H27NO4Si. The maximum atomic E-state index is 8.91. The first kappa shape index (κ1) is 18.4. The molecule has 16 heavy (non-hydrogen) atoms. The van der Waals surface area contributed by atoms with Crippen molar-refractivity contribution in [2.75, 3.05) is 27.2 Å². The first-order valence-corrected chi connectivity index (χ1v) is 7.57. The number of hydrogen-bond donors (Lipinski definition) is 3. The Morgan fingerprint density at radius 1 is 0.938 bits per heavy atom. The Hall–Kier alpha value is 0.0169. The van der Waals surface area contributed by atoms with Gasteiger partial charge in [0.25, 0.3) is 0 Å². The summed E-state index contributed by atoms with van der Waals surface area (Å²) in [4.78, 5) is 30.6. The summed E-state index contributed by atoms with van der Waals surface area (Å²) in [6.45, 7) is 7.21. The van der Waals surface area contributed by atoms with Gasteiger partial charge in [0, 0.05) is 0 Å². The highest BCUT2D eigenvalue weighted by molar-refractivity contribution is 6.44. The molecule has 0 fully saturated rings. The largest absolute Gasteiger partial charge is 0.794 e. The van der Waals surface area contributed by atoms with Crippen molar-refractivity contribution in [3.05, 3.63) is 0 Å². The minimum atomic E-state index is -4.86. The average molecular weight is 253 g/mol. The minimum absolute atomic E-state index is 1.21. The fourth-order valence-electron chi connectivity index (χ4n) is 1.28. The molecule has 100 valence electrons. The first-order chi connectivity index (χ1) is 7.12. The standard InChI is InChI=1S/C10H24N.H3O4Si/c1-5-7-9-11(3,4)10-8-6-2;1-5(2,3)4/h5-10H2,1-4H3;1-3H/q+1;-1. The molecule has 0 aromatic carbocycles. The lowest BCUT2D eigenvalue weighted by molar-refractivity contribution is -0.890. The number of rotatable bonds is 6. The quantitative estimate of drug-likeness (QED) is 0.437. The molecule has 0 saturated carbocycles. The van der Waals surface area contributed by atoms with E-state index in [0.29, 0.717) is 0 Å². The zero-order chi connectivity index (χ0) is 13.2. The van der Waals surface area contributed by atoms with Crippen LogP contribution in [0.5, 0.6) is 0 Å². The smallest absolute Gasteiger partial charge is 0.404 e. The molecule has 0 spiro atoms. The fraction of sp³-hybridized carbons (Fsp3) is 1.00. The summed E-state index contributed by atoms with van der Waals surface area (Å²) in [6.07, 6.45) is 5.40. The number of unbranched alkanes of at least 4 members (excludes halogenated alkanes) is 2. The van der Waals surface area contributed by atoms with Crippen LogP contribution in [0.2, 0.25) is 0 Å². The first-order valence-electron chi connectivity index (χ1n) is 5.82. The van der Waals surface area contributed by atoms with Crippen LogP contribution in [0.3, 0.4) is 0 Å². The molecule has 0 saturated heterocycles. The summed E-state index contributed by atoms with van der Waals surface area (Å²) in [5.41, 5.74) is 0. The zero-order valence-corrected chi connectivity index (χ0v) is 11.9. The Morgan fingerprint density at radius 3 is 1.38 bits per heavy atom. The Bertz CT molecular complexity index is 143. The van der Waals surface area contributed by atoms with E-state index in [1.54, 1.807) is 0 Å². The monoisotopic (exact) mass is 253 g/mol. The van der Waals surface area contributed by atoms with Crippen LogP contribution in [-0.2, 0) is 0 Å². The predicted molar refractivity (Wildman–Crippen MR) is 64.1 cm³/mol. The normalized spacial score (nSPS) is 12.0. The van der Waals surface area contributed by atoms with Gasteiger partial charge in [0.1, 0.15) is 0 Å². The van der Waals surface area contributed by atoms with Crippen LogP contribution >= 0.6 is 0 Å². The molecule has 0 bridgehead atoms. The van der Waals surface area contributed by atoms with Crippen LogP contribution in [0.1, 0.15) is 39.5 Å². The van der Waals surface area contributed by atoms with Gasteiger partial charge in [0.15, 0.2) is 0 Å². The van der Waals surface area contributed by atoms with Crippen molar-refractivity contribution in [3.63, 3.8) is 0 Å². The van der Waals surface area contributed by atoms with Gasteiger partial charge in [-0.1, -0.05) is 26.7 Å². The van der Waals surface area contributed by atoms with Gasteiger partial charge in [0.05, 0.1) is 27.2 Å². The van der Waals surface area contributed by atoms with Gasteiger partial charge in [-0.3, -0.25) is 0 Å². The van der Waals surface area contributed by atoms with Crippen molar-refractivity contribution in [2.24, 2.45) is 0 Å². The van der Waals surface area contributed by atoms with E-state index in [-0.39, 0.29) is 0 Å². The van der Waals surface area contributed by atoms with Gasteiger partial charge < -0.3 is 23.7 Å². The predicted octanol–water partition coefficient (Wildman–Crippen LogP) is -0.578. The molecule has 0 aliphatic carbocycles. The molecule has 0 heterocycles. The van der Waals surface area contributed by atoms with Gasteiger partial charge in [-0.15, -0.1) is 0 Å². The van der Waals surface area contributed by atoms with Crippen molar-refractivity contribution in [1.29, 1.82) is 0 Å². The maximum Gasteiger partial charge on any atom is 0.404 e. The van der Waals surface area contributed by atoms with E-state index in [1.807, 2.05) is 0 Å². The second kappa shape index (κ2) is 9.09. The van der Waals surface area contributed by atoms with Gasteiger partial charge >= 0.3 is 9.05 Å². The summed E-state index contributed by atoms with van der Waals surface area (Å²) in [5, 5.41) is 0. The van der Waals surface area contributed by atoms with E-state index in [1.165, 1.54) is 43.3 Å². The molecule has 3 N–H and O–H groups in total. The summed E-state index contributed by atoms with van der Waals surface area (Å²) in [6, 6.07) is 0. The Kier molecular flexibility index (Phi) is 10.4. The third-order valence-electron chi connectivity index (χ3n) is 2.23. The molecular weight excluding hydrogens is 226 g/mol. The Morgan fingerprint density at radius 2 is 1.19 bits per heavy atom. The maximum absolute atomic E-state index is 8.91. The van der Waals surface area contributed by atoms with E-state index in [9.17, 15) is 0 Å². The molecule has 0 unspecified atom stereocenters. The van der Waals surface area contributed by atoms with Crippen LogP contribution in [0, 0.1) is 0 Å². The number of hydrogen-bond acceptors (Lipinski definition) is 4. The summed E-state index contributed by atoms with van der Waals surface area (Å²) in [5.74, 6) is 0. The van der Waals surface area contributed by atoms with Crippen LogP contribution < -0.4 is 4.80 Å². The second-order valence-electron chi connectivity index (χ2n) is 4.66. The van der Waals surface area contributed by atoms with Gasteiger partial charge in [-0.2, -0.15) is 0 Å². The molecule has 0 aromatic heterocycles. The molecule has 0 aliphatic heterocycles. The topological polar surface area (TPSA) is 83.8 Å². The molecule has 0 aliphatic rings. The van der Waals surface area contributed by atoms with E-state index >= 15 is 0 Å². The van der Waals surface area contributed by atoms with Crippen molar-refractivity contribution < 1.29 is 23.7 Å². The SMILES string of the molecule is CCCC[N+](C)(C)CCCC.[O-][Si](O)(O)O. The third-order valence-corrected chi connectivity index (χ3v) is 2.23. The lowest BCUT2D eigenvalue weighted by Crippen LogP contribution is -2.50. The van der Waals surface area contributed by atoms with E-state index < -0.39 is 9.05 Å². The van der Waals surface area contributed by atoms with Crippen molar-refractivity contribution in [3.8, 4) is 0 Å². The summed E-state index contributed by atoms with van der Waals surface area (Å²) in [7, 11) is -0.184. The molecule has 0 aromatic rings. The van der Waals surface area contributed by atoms with Crippen molar-refractivity contribution in [2.45, 2.75) is 39.5 Å². The van der Waals surface area contributed by atoms with Gasteiger partial charge in [-0.25, -0.2) is 0 Å². The van der Waals surface area contributed by atoms with Crippen molar-refractivity contribution >= 4 is 9.05 Å². The number of quaternary nitrogens is 1. The second-order valence-corrected chi connectivity index (χ2v) is 5.81. The lowest BCUT2D eigenvalue weighted by Gasteiger charge is -2.29. The highest BCUT2D eigenvalue weighted by Crippen LogP contribution is 2.03. The third kappa shape index (κ3) is 23.7.